The SMILES string of the molecule is CCCCOc1cnc2c(c1)CCC/C2=C1/SC(=O)NC1=O. The number of imide groups is 1. The number of thioether (sulfide) groups is 1. The molecule has 0 bridgehead atoms. The average molecular weight is 318 g/mol. The molecule has 5 nitrogen and oxygen atoms in total. The number of allylic oxidation sites excluding steroid dienone is 1. The van der Waals surface area contributed by atoms with E-state index in [4.69, 9.17) is 4.74 Å². The van der Waals surface area contributed by atoms with E-state index >= 15 is 0 Å². The molecule has 1 N–H and O–H groups in total. The molecule has 1 aliphatic carbocycles. The Bertz CT molecular complexity index is 655. The van der Waals surface area contributed by atoms with E-state index in [1.54, 1.807) is 6.20 Å². The summed E-state index contributed by atoms with van der Waals surface area (Å²) in [5.74, 6) is 0.473. The summed E-state index contributed by atoms with van der Waals surface area (Å²) in [5.41, 5.74) is 2.81. The van der Waals surface area contributed by atoms with Crippen molar-refractivity contribution in [2.24, 2.45) is 0 Å². The van der Waals surface area contributed by atoms with Crippen molar-refractivity contribution >= 4 is 28.5 Å². The van der Waals surface area contributed by atoms with E-state index in [1.807, 2.05) is 6.07 Å². The summed E-state index contributed by atoms with van der Waals surface area (Å²) in [4.78, 5) is 28.2. The maximum atomic E-state index is 11.9. The van der Waals surface area contributed by atoms with Gasteiger partial charge in [0.15, 0.2) is 0 Å². The summed E-state index contributed by atoms with van der Waals surface area (Å²) >= 11 is 0.974. The van der Waals surface area contributed by atoms with Crippen molar-refractivity contribution in [1.82, 2.24) is 10.3 Å². The second kappa shape index (κ2) is 6.52. The van der Waals surface area contributed by atoms with E-state index in [-0.39, 0.29) is 11.1 Å². The summed E-state index contributed by atoms with van der Waals surface area (Å²) in [6.07, 6.45) is 6.47. The largest absolute Gasteiger partial charge is 0.492 e. The van der Waals surface area contributed by atoms with Crippen LogP contribution in [0, 0.1) is 0 Å². The highest BCUT2D eigenvalue weighted by Crippen LogP contribution is 2.38. The molecule has 2 aliphatic rings. The zero-order chi connectivity index (χ0) is 15.5. The number of nitrogens with zero attached hydrogens (tertiary/aromatic N) is 1. The number of aromatic nitrogens is 1. The molecule has 0 unspecified atom stereocenters. The first-order valence-corrected chi connectivity index (χ1v) is 8.39. The molecule has 0 saturated carbocycles. The minimum Gasteiger partial charge on any atom is -0.492 e. The lowest BCUT2D eigenvalue weighted by atomic mass is 9.91. The highest BCUT2D eigenvalue weighted by atomic mass is 32.2. The number of amides is 2. The van der Waals surface area contributed by atoms with Crippen molar-refractivity contribution < 1.29 is 14.3 Å². The minimum atomic E-state index is -0.306. The molecular formula is C16H18N2O3S. The second-order valence-corrected chi connectivity index (χ2v) is 6.37. The van der Waals surface area contributed by atoms with E-state index in [0.717, 1.165) is 66.4 Å². The predicted molar refractivity (Wildman–Crippen MR) is 85.6 cm³/mol. The number of fused-ring (bicyclic) bond motifs is 1. The summed E-state index contributed by atoms with van der Waals surface area (Å²) in [7, 11) is 0. The van der Waals surface area contributed by atoms with Crippen molar-refractivity contribution in [3.05, 3.63) is 28.4 Å². The Labute approximate surface area is 133 Å². The van der Waals surface area contributed by atoms with Gasteiger partial charge in [-0.2, -0.15) is 0 Å². The monoisotopic (exact) mass is 318 g/mol. The fraction of sp³-hybridized carbons (Fsp3) is 0.438. The molecule has 22 heavy (non-hydrogen) atoms. The van der Waals surface area contributed by atoms with E-state index < -0.39 is 0 Å². The minimum absolute atomic E-state index is 0.303. The summed E-state index contributed by atoms with van der Waals surface area (Å²) in [6.45, 7) is 2.82. The molecule has 1 aromatic heterocycles. The smallest absolute Gasteiger partial charge is 0.290 e. The lowest BCUT2D eigenvalue weighted by molar-refractivity contribution is -0.115. The Balaban J connectivity index is 1.89. The number of rotatable bonds is 4. The third kappa shape index (κ3) is 3.02. The zero-order valence-electron chi connectivity index (χ0n) is 12.5. The van der Waals surface area contributed by atoms with Crippen molar-refractivity contribution in [2.75, 3.05) is 6.61 Å². The topological polar surface area (TPSA) is 68.3 Å². The molecule has 0 radical (unpaired) electrons. The molecule has 0 atom stereocenters. The fourth-order valence-electron chi connectivity index (χ4n) is 2.67. The third-order valence-electron chi connectivity index (χ3n) is 3.76. The molecule has 1 saturated heterocycles. The van der Waals surface area contributed by atoms with Crippen LogP contribution in [0.4, 0.5) is 4.79 Å². The van der Waals surface area contributed by atoms with Gasteiger partial charge in [0.2, 0.25) is 0 Å². The quantitative estimate of drug-likeness (QED) is 0.681. The van der Waals surface area contributed by atoms with Gasteiger partial charge in [-0.1, -0.05) is 13.3 Å². The molecule has 1 aromatic rings. The maximum absolute atomic E-state index is 11.9. The first-order chi connectivity index (χ1) is 10.7. The number of aryl methyl sites for hydroxylation is 1. The van der Waals surface area contributed by atoms with Gasteiger partial charge in [-0.05, 0) is 54.6 Å². The molecule has 0 spiro atoms. The standard InChI is InChI=1S/C16H18N2O3S/c1-2-3-7-21-11-8-10-5-4-6-12(13(10)17-9-11)14-15(19)18-16(20)22-14/h8-9H,2-7H2,1H3,(H,18,19,20)/b14-12-. The van der Waals surface area contributed by atoms with Crippen LogP contribution < -0.4 is 10.1 Å². The van der Waals surface area contributed by atoms with Crippen LogP contribution >= 0.6 is 11.8 Å². The summed E-state index contributed by atoms with van der Waals surface area (Å²) in [5, 5.41) is 2.01. The molecule has 3 rings (SSSR count). The number of carbonyl (C=O) groups excluding carboxylic acids is 2. The van der Waals surface area contributed by atoms with Gasteiger partial charge in [-0.25, -0.2) is 0 Å². The Morgan fingerprint density at radius 3 is 2.95 bits per heavy atom. The number of nitrogens with one attached hydrogen (secondary N) is 1. The zero-order valence-corrected chi connectivity index (χ0v) is 13.3. The molecule has 1 aliphatic heterocycles. The number of ether oxygens (including phenoxy) is 1. The van der Waals surface area contributed by atoms with Gasteiger partial charge in [0.1, 0.15) is 5.75 Å². The van der Waals surface area contributed by atoms with Crippen LogP contribution in [0.25, 0.3) is 5.57 Å². The number of carbonyl (C=O) groups is 2. The van der Waals surface area contributed by atoms with E-state index in [1.165, 1.54) is 0 Å². The van der Waals surface area contributed by atoms with Crippen molar-refractivity contribution in [3.8, 4) is 5.75 Å². The summed E-state index contributed by atoms with van der Waals surface area (Å²) < 4.78 is 5.69. The van der Waals surface area contributed by atoms with Crippen molar-refractivity contribution in [2.45, 2.75) is 39.0 Å². The highest BCUT2D eigenvalue weighted by molar-refractivity contribution is 8.18. The number of hydrogen-bond donors (Lipinski definition) is 1. The van der Waals surface area contributed by atoms with Crippen molar-refractivity contribution in [1.29, 1.82) is 0 Å². The Morgan fingerprint density at radius 1 is 1.36 bits per heavy atom. The van der Waals surface area contributed by atoms with Crippen molar-refractivity contribution in [3.63, 3.8) is 0 Å². The van der Waals surface area contributed by atoms with Gasteiger partial charge in [0.05, 0.1) is 23.4 Å². The molecule has 2 amide bonds. The number of hydrogen-bond acceptors (Lipinski definition) is 5. The van der Waals surface area contributed by atoms with Crippen LogP contribution in [0.15, 0.2) is 17.2 Å². The first-order valence-electron chi connectivity index (χ1n) is 7.57. The van der Waals surface area contributed by atoms with Gasteiger partial charge in [-0.3, -0.25) is 19.9 Å². The molecule has 2 heterocycles. The molecule has 0 aromatic carbocycles. The van der Waals surface area contributed by atoms with Crippen LogP contribution in [0.1, 0.15) is 43.9 Å². The van der Waals surface area contributed by atoms with Gasteiger partial charge in [0, 0.05) is 0 Å². The normalized spacial score (nSPS) is 20.8. The first kappa shape index (κ1) is 15.1. The lowest BCUT2D eigenvalue weighted by Gasteiger charge is -2.19. The molecule has 116 valence electrons. The van der Waals surface area contributed by atoms with Crippen LogP contribution in [0.5, 0.6) is 5.75 Å². The Morgan fingerprint density at radius 2 is 2.23 bits per heavy atom. The van der Waals surface area contributed by atoms with Gasteiger partial charge < -0.3 is 4.74 Å². The number of pyridine rings is 1. The van der Waals surface area contributed by atoms with Gasteiger partial charge in [0.25, 0.3) is 11.1 Å². The van der Waals surface area contributed by atoms with Crippen LogP contribution in [0.2, 0.25) is 0 Å². The van der Waals surface area contributed by atoms with Gasteiger partial charge in [-0.15, -0.1) is 0 Å². The lowest BCUT2D eigenvalue weighted by Crippen LogP contribution is -2.19. The second-order valence-electron chi connectivity index (χ2n) is 5.39. The maximum Gasteiger partial charge on any atom is 0.290 e. The molecule has 1 fully saturated rings. The fourth-order valence-corrected chi connectivity index (χ4v) is 3.47. The van der Waals surface area contributed by atoms with Gasteiger partial charge >= 0.3 is 0 Å². The predicted octanol–water partition coefficient (Wildman–Crippen LogP) is 3.29. The highest BCUT2D eigenvalue weighted by Gasteiger charge is 2.31. The van der Waals surface area contributed by atoms with Crippen LogP contribution in [-0.4, -0.2) is 22.7 Å². The van der Waals surface area contributed by atoms with Crippen LogP contribution in [0.3, 0.4) is 0 Å². The van der Waals surface area contributed by atoms with Crippen LogP contribution in [-0.2, 0) is 11.2 Å². The number of unbranched alkanes of at least 4 members (excludes halogenated alkanes) is 1. The van der Waals surface area contributed by atoms with E-state index in [2.05, 4.69) is 17.2 Å². The Hall–Kier alpha value is -1.82. The molecule has 6 heteroatoms. The van der Waals surface area contributed by atoms with E-state index in [0.29, 0.717) is 11.5 Å². The summed E-state index contributed by atoms with van der Waals surface area (Å²) in [6, 6.07) is 2.01. The molecular weight excluding hydrogens is 300 g/mol. The van der Waals surface area contributed by atoms with E-state index in [9.17, 15) is 9.59 Å². The Kier molecular flexibility index (Phi) is 4.47. The average Bonchev–Trinajstić information content (AvgIpc) is 2.85. The third-order valence-corrected chi connectivity index (χ3v) is 4.68.